The van der Waals surface area contributed by atoms with Gasteiger partial charge < -0.3 is 4.90 Å². The average molecular weight is 416 g/mol. The van der Waals surface area contributed by atoms with Crippen molar-refractivity contribution < 1.29 is 13.2 Å². The second-order valence-electron chi connectivity index (χ2n) is 6.90. The number of nitrogens with zero attached hydrogens (tertiary/aromatic N) is 3. The summed E-state index contributed by atoms with van der Waals surface area (Å²) in [5, 5.41) is 0.744. The summed E-state index contributed by atoms with van der Waals surface area (Å²) in [6, 6.07) is 17.6. The first-order valence-corrected chi connectivity index (χ1v) is 11.9. The molecule has 2 heterocycles. The number of carbonyl (C=O) groups is 1. The van der Waals surface area contributed by atoms with Crippen LogP contribution in [-0.2, 0) is 14.6 Å². The molecule has 0 bridgehead atoms. The van der Waals surface area contributed by atoms with E-state index in [0.717, 1.165) is 21.9 Å². The van der Waals surface area contributed by atoms with E-state index in [9.17, 15) is 13.2 Å². The maximum atomic E-state index is 12.7. The van der Waals surface area contributed by atoms with Gasteiger partial charge in [0.1, 0.15) is 0 Å². The lowest BCUT2D eigenvalue weighted by atomic mass is 10.2. The highest BCUT2D eigenvalue weighted by Gasteiger charge is 2.32. The van der Waals surface area contributed by atoms with Crippen LogP contribution in [0.1, 0.15) is 6.42 Å². The predicted molar refractivity (Wildman–Crippen MR) is 112 cm³/mol. The summed E-state index contributed by atoms with van der Waals surface area (Å²) < 4.78 is 25.4. The van der Waals surface area contributed by atoms with Gasteiger partial charge in [0.15, 0.2) is 15.0 Å². The van der Waals surface area contributed by atoms with Gasteiger partial charge in [-0.1, -0.05) is 42.1 Å². The van der Waals surface area contributed by atoms with Gasteiger partial charge in [-0.15, -0.1) is 0 Å². The van der Waals surface area contributed by atoms with Crippen molar-refractivity contribution in [2.75, 3.05) is 24.3 Å². The van der Waals surface area contributed by atoms with Crippen molar-refractivity contribution in [1.82, 2.24) is 14.5 Å². The molecule has 1 amide bonds. The molecule has 2 aromatic carbocycles. The van der Waals surface area contributed by atoms with Crippen molar-refractivity contribution in [3.05, 3.63) is 54.6 Å². The lowest BCUT2D eigenvalue weighted by Crippen LogP contribution is -2.38. The molecule has 1 aliphatic rings. The second-order valence-corrected chi connectivity index (χ2v) is 10.1. The third kappa shape index (κ3) is 3.79. The fourth-order valence-corrected chi connectivity index (χ4v) is 6.17. The van der Waals surface area contributed by atoms with Crippen molar-refractivity contribution in [2.45, 2.75) is 17.6 Å². The molecule has 146 valence electrons. The number of fused-ring (bicyclic) bond motifs is 1. The molecule has 3 aromatic rings. The molecular weight excluding hydrogens is 394 g/mol. The zero-order valence-electron chi connectivity index (χ0n) is 15.5. The number of thioether (sulfide) groups is 1. The molecule has 0 unspecified atom stereocenters. The molecule has 1 saturated heterocycles. The van der Waals surface area contributed by atoms with Gasteiger partial charge in [-0.2, -0.15) is 0 Å². The molecule has 8 heteroatoms. The fraction of sp³-hybridized carbons (Fsp3) is 0.300. The molecule has 1 aliphatic heterocycles. The Hall–Kier alpha value is -2.32. The second kappa shape index (κ2) is 7.60. The minimum absolute atomic E-state index is 0.0580. The molecule has 28 heavy (non-hydrogen) atoms. The Labute approximate surface area is 168 Å². The Morgan fingerprint density at radius 2 is 1.89 bits per heavy atom. The molecule has 0 saturated carbocycles. The van der Waals surface area contributed by atoms with Crippen LogP contribution in [0.25, 0.3) is 16.7 Å². The van der Waals surface area contributed by atoms with Crippen LogP contribution in [0.5, 0.6) is 0 Å². The van der Waals surface area contributed by atoms with Gasteiger partial charge >= 0.3 is 0 Å². The van der Waals surface area contributed by atoms with E-state index in [-0.39, 0.29) is 29.2 Å². The molecule has 0 spiro atoms. The van der Waals surface area contributed by atoms with Crippen molar-refractivity contribution in [1.29, 1.82) is 0 Å². The van der Waals surface area contributed by atoms with Gasteiger partial charge in [0.05, 0.1) is 28.3 Å². The predicted octanol–water partition coefficient (Wildman–Crippen LogP) is 2.76. The monoisotopic (exact) mass is 415 g/mol. The van der Waals surface area contributed by atoms with Crippen LogP contribution >= 0.6 is 11.8 Å². The number of carbonyl (C=O) groups excluding carboxylic acids is 1. The summed E-state index contributed by atoms with van der Waals surface area (Å²) in [6.45, 7) is 0. The molecule has 1 atom stereocenters. The number of hydrogen-bond acceptors (Lipinski definition) is 5. The molecule has 0 radical (unpaired) electrons. The van der Waals surface area contributed by atoms with E-state index in [1.807, 2.05) is 59.2 Å². The lowest BCUT2D eigenvalue weighted by Gasteiger charge is -2.23. The lowest BCUT2D eigenvalue weighted by molar-refractivity contribution is -0.128. The van der Waals surface area contributed by atoms with E-state index in [4.69, 9.17) is 4.98 Å². The van der Waals surface area contributed by atoms with Crippen molar-refractivity contribution in [3.63, 3.8) is 0 Å². The maximum Gasteiger partial charge on any atom is 0.233 e. The SMILES string of the molecule is CN(C(=O)CSc1nc2ccccc2n1-c1ccccc1)[C@@H]1CCS(=O)(=O)C1. The van der Waals surface area contributed by atoms with Crippen molar-refractivity contribution in [2.24, 2.45) is 0 Å². The summed E-state index contributed by atoms with van der Waals surface area (Å²) >= 11 is 1.37. The number of imidazole rings is 1. The smallest absolute Gasteiger partial charge is 0.233 e. The molecule has 0 aliphatic carbocycles. The van der Waals surface area contributed by atoms with Gasteiger partial charge in [-0.25, -0.2) is 13.4 Å². The van der Waals surface area contributed by atoms with Gasteiger partial charge in [0.25, 0.3) is 0 Å². The molecular formula is C20H21N3O3S2. The van der Waals surface area contributed by atoms with Crippen LogP contribution in [0.2, 0.25) is 0 Å². The Morgan fingerprint density at radius 3 is 2.61 bits per heavy atom. The maximum absolute atomic E-state index is 12.7. The third-order valence-corrected chi connectivity index (χ3v) is 7.69. The number of rotatable bonds is 5. The van der Waals surface area contributed by atoms with Crippen LogP contribution in [-0.4, -0.2) is 59.1 Å². The highest BCUT2D eigenvalue weighted by atomic mass is 32.2. The number of hydrogen-bond donors (Lipinski definition) is 0. The fourth-order valence-electron chi connectivity index (χ4n) is 3.44. The zero-order valence-corrected chi connectivity index (χ0v) is 17.1. The van der Waals surface area contributed by atoms with Crippen LogP contribution < -0.4 is 0 Å². The normalized spacial score (nSPS) is 18.4. The summed E-state index contributed by atoms with van der Waals surface area (Å²) in [6.07, 6.45) is 0.512. The van der Waals surface area contributed by atoms with Crippen LogP contribution in [0, 0.1) is 0 Å². The highest BCUT2D eigenvalue weighted by molar-refractivity contribution is 7.99. The molecule has 0 N–H and O–H groups in total. The van der Waals surface area contributed by atoms with Gasteiger partial charge in [0.2, 0.25) is 5.91 Å². The molecule has 1 aromatic heterocycles. The first kappa shape index (κ1) is 19.0. The van der Waals surface area contributed by atoms with E-state index in [1.165, 1.54) is 11.8 Å². The van der Waals surface area contributed by atoms with Crippen molar-refractivity contribution in [3.8, 4) is 5.69 Å². The van der Waals surface area contributed by atoms with E-state index in [0.29, 0.717) is 6.42 Å². The van der Waals surface area contributed by atoms with E-state index < -0.39 is 9.84 Å². The number of benzene rings is 2. The highest BCUT2D eigenvalue weighted by Crippen LogP contribution is 2.28. The Bertz CT molecular complexity index is 1110. The van der Waals surface area contributed by atoms with Crippen LogP contribution in [0.3, 0.4) is 0 Å². The van der Waals surface area contributed by atoms with E-state index >= 15 is 0 Å². The number of aromatic nitrogens is 2. The van der Waals surface area contributed by atoms with E-state index in [2.05, 4.69) is 0 Å². The summed E-state index contributed by atoms with van der Waals surface area (Å²) in [5.74, 6) is 0.344. The van der Waals surface area contributed by atoms with Gasteiger partial charge in [-0.3, -0.25) is 9.36 Å². The standard InChI is InChI=1S/C20H21N3O3S2/c1-22(16-11-12-28(25,26)14-16)19(24)13-27-20-21-17-9-5-6-10-18(17)23(20)15-7-3-2-4-8-15/h2-10,16H,11-14H2,1H3/t16-/m1/s1. The van der Waals surface area contributed by atoms with Gasteiger partial charge in [0, 0.05) is 18.8 Å². The van der Waals surface area contributed by atoms with E-state index in [1.54, 1.807) is 11.9 Å². The first-order chi connectivity index (χ1) is 13.4. The first-order valence-electron chi connectivity index (χ1n) is 9.06. The third-order valence-electron chi connectivity index (χ3n) is 5.02. The molecule has 4 rings (SSSR count). The zero-order chi connectivity index (χ0) is 19.7. The van der Waals surface area contributed by atoms with Crippen molar-refractivity contribution >= 4 is 38.5 Å². The summed E-state index contributed by atoms with van der Waals surface area (Å²) in [7, 11) is -1.33. The number of amides is 1. The van der Waals surface area contributed by atoms with Crippen LogP contribution in [0.4, 0.5) is 0 Å². The summed E-state index contributed by atoms with van der Waals surface area (Å²) in [5.41, 5.74) is 2.84. The Balaban J connectivity index is 1.56. The Kier molecular flexibility index (Phi) is 5.16. The van der Waals surface area contributed by atoms with Crippen LogP contribution in [0.15, 0.2) is 59.8 Å². The minimum Gasteiger partial charge on any atom is -0.341 e. The quantitative estimate of drug-likeness (QED) is 0.599. The topological polar surface area (TPSA) is 72.3 Å². The minimum atomic E-state index is -3.02. The largest absolute Gasteiger partial charge is 0.341 e. The molecule has 1 fully saturated rings. The Morgan fingerprint density at radius 1 is 1.18 bits per heavy atom. The number of para-hydroxylation sites is 3. The number of sulfone groups is 1. The average Bonchev–Trinajstić information content (AvgIpc) is 3.25. The molecule has 6 nitrogen and oxygen atoms in total. The van der Waals surface area contributed by atoms with Gasteiger partial charge in [-0.05, 0) is 30.7 Å². The summed E-state index contributed by atoms with van der Waals surface area (Å²) in [4.78, 5) is 18.9.